The number of hydrogen-bond donors (Lipinski definition) is 1. The second kappa shape index (κ2) is 2.63. The van der Waals surface area contributed by atoms with Crippen LogP contribution in [0.4, 0.5) is 0 Å². The molecule has 3 heteroatoms. The molecule has 0 saturated carbocycles. The van der Waals surface area contributed by atoms with E-state index in [-0.39, 0.29) is 0 Å². The van der Waals surface area contributed by atoms with E-state index in [9.17, 15) is 4.91 Å². The summed E-state index contributed by atoms with van der Waals surface area (Å²) in [6.45, 7) is 2.33. The van der Waals surface area contributed by atoms with Crippen molar-refractivity contribution < 1.29 is 4.87 Å². The summed E-state index contributed by atoms with van der Waals surface area (Å²) < 4.78 is 0. The maximum absolute atomic E-state index is 9.74. The molecule has 0 aromatic carbocycles. The van der Waals surface area contributed by atoms with E-state index in [1.165, 1.54) is 0 Å². The lowest BCUT2D eigenvalue weighted by Gasteiger charge is -1.73. The minimum atomic E-state index is 0.431. The zero-order chi connectivity index (χ0) is 4.99. The van der Waals surface area contributed by atoms with E-state index in [0.29, 0.717) is 11.4 Å². The molecule has 0 aliphatic heterocycles. The third-order valence-electron chi connectivity index (χ3n) is 0.444. The lowest BCUT2D eigenvalue weighted by atomic mass is 10.5. The van der Waals surface area contributed by atoms with Gasteiger partial charge >= 0.3 is 0 Å². The van der Waals surface area contributed by atoms with E-state index < -0.39 is 0 Å². The molecule has 36 valence electrons. The van der Waals surface area contributed by atoms with Crippen LogP contribution in [0.5, 0.6) is 0 Å². The zero-order valence-corrected chi connectivity index (χ0v) is 3.85. The molecule has 0 heterocycles. The Morgan fingerprint density at radius 3 is 2.33 bits per heavy atom. The Bertz CT molecular complexity index is 52.8. The van der Waals surface area contributed by atoms with Gasteiger partial charge in [0.15, 0.2) is 0 Å². The van der Waals surface area contributed by atoms with E-state index in [4.69, 9.17) is 0 Å². The van der Waals surface area contributed by atoms with E-state index in [1.807, 2.05) is 6.92 Å². The van der Waals surface area contributed by atoms with E-state index >= 15 is 0 Å². The molecule has 0 fully saturated rings. The summed E-state index contributed by atoms with van der Waals surface area (Å²) >= 11 is 0. The van der Waals surface area contributed by atoms with Crippen molar-refractivity contribution in [3.05, 3.63) is 4.91 Å². The van der Waals surface area contributed by atoms with Gasteiger partial charge in [-0.2, -0.15) is 5.84 Å². The molecule has 0 aliphatic rings. The van der Waals surface area contributed by atoms with Crippen LogP contribution < -0.4 is 5.84 Å². The first-order chi connectivity index (χ1) is 2.77. The van der Waals surface area contributed by atoms with Crippen molar-refractivity contribution in [2.75, 3.05) is 6.54 Å². The van der Waals surface area contributed by atoms with E-state index in [1.54, 1.807) is 0 Å². The molecule has 0 spiro atoms. The molecule has 0 bridgehead atoms. The smallest absolute Gasteiger partial charge is 0.165 e. The standard InChI is InChI=1S/C3H9N2O/c1-2-3-5(4)6/h2-3H2,1H3,(H2,4,6)/q+1. The number of hydrogen-bond acceptors (Lipinski definition) is 1. The summed E-state index contributed by atoms with van der Waals surface area (Å²) in [6, 6.07) is 0. The topological polar surface area (TPSA) is 46.1 Å². The highest BCUT2D eigenvalue weighted by molar-refractivity contribution is 4.13. The number of nitrogens with two attached hydrogens (primary N) is 1. The van der Waals surface area contributed by atoms with Crippen molar-refractivity contribution in [2.24, 2.45) is 5.84 Å². The number of hydrazine groups is 1. The van der Waals surface area contributed by atoms with Crippen LogP contribution in [0.25, 0.3) is 0 Å². The highest BCUT2D eigenvalue weighted by Crippen LogP contribution is 1.68. The van der Waals surface area contributed by atoms with Crippen LogP contribution >= 0.6 is 0 Å². The summed E-state index contributed by atoms with van der Waals surface area (Å²) in [5, 5.41) is 0. The molecular formula is C3H9N2O+. The monoisotopic (exact) mass is 89.1 g/mol. The van der Waals surface area contributed by atoms with Gasteiger partial charge in [0.2, 0.25) is 6.54 Å². The average Bonchev–Trinajstić information content (AvgIpc) is 1.35. The van der Waals surface area contributed by atoms with E-state index in [2.05, 4.69) is 5.84 Å². The molecule has 0 aliphatic carbocycles. The first-order valence-electron chi connectivity index (χ1n) is 1.96. The van der Waals surface area contributed by atoms with Gasteiger partial charge in [-0.3, -0.25) is 0 Å². The highest BCUT2D eigenvalue weighted by atomic mass is 16.3. The molecule has 0 aromatic rings. The second-order valence-electron chi connectivity index (χ2n) is 1.14. The van der Waals surface area contributed by atoms with Crippen LogP contribution in [0.2, 0.25) is 0 Å². The fourth-order valence-corrected chi connectivity index (χ4v) is 0.220. The van der Waals surface area contributed by atoms with Crippen LogP contribution in [-0.4, -0.2) is 11.4 Å². The third-order valence-corrected chi connectivity index (χ3v) is 0.444. The molecule has 0 unspecified atom stereocenters. The number of nitrogens with zero attached hydrogens (tertiary/aromatic N) is 1. The molecule has 3 nitrogen and oxygen atoms in total. The van der Waals surface area contributed by atoms with Gasteiger partial charge in [0.25, 0.3) is 0 Å². The maximum Gasteiger partial charge on any atom is 0.224 e. The largest absolute Gasteiger partial charge is 0.224 e. The van der Waals surface area contributed by atoms with Gasteiger partial charge in [0, 0.05) is 6.42 Å². The molecule has 0 radical (unpaired) electrons. The lowest BCUT2D eigenvalue weighted by molar-refractivity contribution is -0.560. The fraction of sp³-hybridized carbons (Fsp3) is 1.00. The molecule has 2 N–H and O–H groups in total. The first-order valence-corrected chi connectivity index (χ1v) is 1.96. The van der Waals surface area contributed by atoms with Gasteiger partial charge in [-0.05, 0) is 0 Å². The predicted molar refractivity (Wildman–Crippen MR) is 23.0 cm³/mol. The summed E-state index contributed by atoms with van der Waals surface area (Å²) in [5.41, 5.74) is 0. The summed E-state index contributed by atoms with van der Waals surface area (Å²) in [5.74, 6) is 4.68. The Labute approximate surface area is 36.7 Å². The van der Waals surface area contributed by atoms with Crippen LogP contribution in [-0.2, 0) is 0 Å². The molecule has 0 atom stereocenters. The molecule has 0 saturated heterocycles. The Kier molecular flexibility index (Phi) is 2.36. The lowest BCUT2D eigenvalue weighted by Crippen LogP contribution is -2.15. The van der Waals surface area contributed by atoms with Gasteiger partial charge in [-0.25, -0.2) is 0 Å². The normalized spacial score (nSPS) is 8.17. The Morgan fingerprint density at radius 2 is 2.33 bits per heavy atom. The van der Waals surface area contributed by atoms with Crippen molar-refractivity contribution >= 4 is 0 Å². The van der Waals surface area contributed by atoms with Crippen LogP contribution in [0.3, 0.4) is 0 Å². The maximum atomic E-state index is 9.74. The van der Waals surface area contributed by atoms with Gasteiger partial charge in [-0.1, -0.05) is 6.92 Å². The highest BCUT2D eigenvalue weighted by Gasteiger charge is 1.91. The quantitative estimate of drug-likeness (QED) is 0.295. The Morgan fingerprint density at radius 1 is 1.83 bits per heavy atom. The Balaban J connectivity index is 2.83. The van der Waals surface area contributed by atoms with Gasteiger partial charge < -0.3 is 0 Å². The van der Waals surface area contributed by atoms with Crippen molar-refractivity contribution in [2.45, 2.75) is 13.3 Å². The van der Waals surface area contributed by atoms with Crippen molar-refractivity contribution in [1.29, 1.82) is 0 Å². The first kappa shape index (κ1) is 5.40. The van der Waals surface area contributed by atoms with Gasteiger partial charge in [-0.15, -0.1) is 0 Å². The van der Waals surface area contributed by atoms with Gasteiger partial charge in [0.1, 0.15) is 4.87 Å². The molecule has 0 amide bonds. The minimum Gasteiger partial charge on any atom is -0.165 e. The fourth-order valence-electron chi connectivity index (χ4n) is 0.220. The zero-order valence-electron chi connectivity index (χ0n) is 3.85. The molecule has 0 rings (SSSR count). The summed E-state index contributed by atoms with van der Waals surface area (Å²) in [7, 11) is 0. The third kappa shape index (κ3) is 3.40. The van der Waals surface area contributed by atoms with Crippen LogP contribution in [0.15, 0.2) is 0 Å². The Hall–Kier alpha value is -0.600. The van der Waals surface area contributed by atoms with Crippen LogP contribution in [0.1, 0.15) is 13.3 Å². The number of rotatable bonds is 2. The minimum absolute atomic E-state index is 0.431. The van der Waals surface area contributed by atoms with Gasteiger partial charge in [0.05, 0.1) is 4.91 Å². The molecular weight excluding hydrogens is 80.0 g/mol. The van der Waals surface area contributed by atoms with Crippen LogP contribution in [0, 0.1) is 4.91 Å². The molecule has 6 heavy (non-hydrogen) atoms. The average molecular weight is 89.1 g/mol. The summed E-state index contributed by atoms with van der Waals surface area (Å²) in [4.78, 5) is 10.2. The van der Waals surface area contributed by atoms with Crippen molar-refractivity contribution in [3.8, 4) is 0 Å². The molecule has 0 aromatic heterocycles. The number of nitroso groups, excluding NO2 is 1. The van der Waals surface area contributed by atoms with Crippen molar-refractivity contribution in [3.63, 3.8) is 0 Å². The summed E-state index contributed by atoms with van der Waals surface area (Å²) in [6.07, 6.45) is 0.819. The SMILES string of the molecule is CCC[N+](N)=O. The predicted octanol–water partition coefficient (Wildman–Crippen LogP) is 0.0490. The van der Waals surface area contributed by atoms with E-state index in [0.717, 1.165) is 6.42 Å². The second-order valence-corrected chi connectivity index (χ2v) is 1.14. The van der Waals surface area contributed by atoms with Crippen molar-refractivity contribution in [1.82, 2.24) is 0 Å².